The van der Waals surface area contributed by atoms with Crippen LogP contribution in [0.2, 0.25) is 0 Å². The maximum Gasteiger partial charge on any atom is 0.339 e. The fourth-order valence-corrected chi connectivity index (χ4v) is 3.39. The van der Waals surface area contributed by atoms with E-state index in [0.29, 0.717) is 28.0 Å². The van der Waals surface area contributed by atoms with Crippen molar-refractivity contribution in [2.75, 3.05) is 7.11 Å². The summed E-state index contributed by atoms with van der Waals surface area (Å²) in [5, 5.41) is 4.55. The van der Waals surface area contributed by atoms with Crippen molar-refractivity contribution in [1.29, 1.82) is 0 Å². The Morgan fingerprint density at radius 1 is 1.15 bits per heavy atom. The van der Waals surface area contributed by atoms with Crippen LogP contribution in [0.4, 0.5) is 4.39 Å². The number of hydrogen-bond donors (Lipinski definition) is 0. The van der Waals surface area contributed by atoms with Gasteiger partial charge in [0.25, 0.3) is 5.89 Å². The molecule has 4 aromatic rings. The van der Waals surface area contributed by atoms with Crippen LogP contribution in [0.25, 0.3) is 22.4 Å². The molecule has 8 nitrogen and oxygen atoms in total. The normalized spacial score (nSPS) is 11.0. The third-order valence-corrected chi connectivity index (χ3v) is 5.33. The van der Waals surface area contributed by atoms with Crippen LogP contribution in [0.5, 0.6) is 5.75 Å². The number of aromatic nitrogens is 2. The number of carbonyl (C=O) groups excluding carboxylic acids is 1. The van der Waals surface area contributed by atoms with Crippen molar-refractivity contribution < 1.29 is 27.6 Å². The first-order chi connectivity index (χ1) is 15.9. The first-order valence-corrected chi connectivity index (χ1v) is 10.2. The van der Waals surface area contributed by atoms with Crippen LogP contribution in [0, 0.1) is 19.7 Å². The summed E-state index contributed by atoms with van der Waals surface area (Å²) in [5.41, 5.74) is 2.02. The number of benzene rings is 2. The van der Waals surface area contributed by atoms with Gasteiger partial charge in [-0.3, -0.25) is 4.79 Å². The second-order valence-electron chi connectivity index (χ2n) is 7.49. The Labute approximate surface area is 187 Å². The summed E-state index contributed by atoms with van der Waals surface area (Å²) >= 11 is 0. The summed E-state index contributed by atoms with van der Waals surface area (Å²) in [6.07, 6.45) is 0.129. The van der Waals surface area contributed by atoms with E-state index in [4.69, 9.17) is 18.4 Å². The summed E-state index contributed by atoms with van der Waals surface area (Å²) in [6, 6.07) is 9.82. The smallest absolute Gasteiger partial charge is 0.339 e. The molecule has 0 N–H and O–H groups in total. The molecule has 0 aliphatic carbocycles. The molecule has 0 atom stereocenters. The molecule has 4 rings (SSSR count). The zero-order valence-electron chi connectivity index (χ0n) is 18.3. The van der Waals surface area contributed by atoms with E-state index in [2.05, 4.69) is 10.1 Å². The minimum Gasteiger partial charge on any atom is -0.497 e. The van der Waals surface area contributed by atoms with Gasteiger partial charge in [0.1, 0.15) is 17.1 Å². The molecule has 0 amide bonds. The third kappa shape index (κ3) is 4.77. The average Bonchev–Trinajstić information content (AvgIpc) is 3.28. The van der Waals surface area contributed by atoms with E-state index in [-0.39, 0.29) is 37.0 Å². The van der Waals surface area contributed by atoms with Crippen LogP contribution in [0.1, 0.15) is 29.0 Å². The number of aryl methyl sites for hydroxylation is 2. The number of rotatable bonds is 7. The zero-order chi connectivity index (χ0) is 23.5. The number of ether oxygens (including phenoxy) is 2. The molecule has 2 aromatic carbocycles. The topological polar surface area (TPSA) is 105 Å². The largest absolute Gasteiger partial charge is 0.497 e. The first-order valence-electron chi connectivity index (χ1n) is 10.2. The van der Waals surface area contributed by atoms with Gasteiger partial charge in [-0.15, -0.1) is 0 Å². The lowest BCUT2D eigenvalue weighted by Gasteiger charge is -2.08. The SMILES string of the molecule is COc1ccc2c(C)c(CCC(=O)OCc3nc(-c4ccc(C)c(F)c4)no3)c(=O)oc2c1. The Kier molecular flexibility index (Phi) is 6.21. The van der Waals surface area contributed by atoms with E-state index in [9.17, 15) is 14.0 Å². The lowest BCUT2D eigenvalue weighted by Crippen LogP contribution is -2.14. The van der Waals surface area contributed by atoms with E-state index < -0.39 is 11.6 Å². The van der Waals surface area contributed by atoms with Gasteiger partial charge in [0.2, 0.25) is 5.82 Å². The fraction of sp³-hybridized carbons (Fsp3) is 0.250. The molecular formula is C24H21FN2O6. The molecule has 0 saturated heterocycles. The van der Waals surface area contributed by atoms with Crippen molar-refractivity contribution in [2.45, 2.75) is 33.3 Å². The maximum atomic E-state index is 13.7. The quantitative estimate of drug-likeness (QED) is 0.302. The highest BCUT2D eigenvalue weighted by molar-refractivity contribution is 5.82. The number of methoxy groups -OCH3 is 1. The molecule has 0 aliphatic heterocycles. The van der Waals surface area contributed by atoms with Crippen molar-refractivity contribution in [2.24, 2.45) is 0 Å². The number of carbonyl (C=O) groups is 1. The summed E-state index contributed by atoms with van der Waals surface area (Å²) in [4.78, 5) is 28.7. The Morgan fingerprint density at radius 3 is 2.73 bits per heavy atom. The molecule has 0 bridgehead atoms. The molecule has 0 saturated carbocycles. The number of esters is 1. The molecule has 0 fully saturated rings. The van der Waals surface area contributed by atoms with Gasteiger partial charge in [0.15, 0.2) is 6.61 Å². The van der Waals surface area contributed by atoms with Crippen molar-refractivity contribution in [1.82, 2.24) is 10.1 Å². The van der Waals surface area contributed by atoms with Crippen LogP contribution in [-0.4, -0.2) is 23.2 Å². The lowest BCUT2D eigenvalue weighted by atomic mass is 10.0. The van der Waals surface area contributed by atoms with Gasteiger partial charge in [0, 0.05) is 29.0 Å². The van der Waals surface area contributed by atoms with Gasteiger partial charge in [-0.1, -0.05) is 17.3 Å². The molecule has 2 heterocycles. The van der Waals surface area contributed by atoms with Crippen LogP contribution in [-0.2, 0) is 22.6 Å². The molecule has 0 unspecified atom stereocenters. The highest BCUT2D eigenvalue weighted by atomic mass is 19.1. The van der Waals surface area contributed by atoms with Gasteiger partial charge in [-0.25, -0.2) is 9.18 Å². The van der Waals surface area contributed by atoms with Crippen LogP contribution < -0.4 is 10.4 Å². The highest BCUT2D eigenvalue weighted by Gasteiger charge is 2.16. The molecule has 0 radical (unpaired) electrons. The van der Waals surface area contributed by atoms with E-state index >= 15 is 0 Å². The van der Waals surface area contributed by atoms with Gasteiger partial charge >= 0.3 is 11.6 Å². The first kappa shape index (κ1) is 22.2. The van der Waals surface area contributed by atoms with Gasteiger partial charge in [0.05, 0.1) is 7.11 Å². The summed E-state index contributed by atoms with van der Waals surface area (Å²) < 4.78 is 34.5. The maximum absolute atomic E-state index is 13.7. The predicted octanol–water partition coefficient (Wildman–Crippen LogP) is 4.28. The fourth-order valence-electron chi connectivity index (χ4n) is 3.39. The lowest BCUT2D eigenvalue weighted by molar-refractivity contribution is -0.145. The minimum atomic E-state index is -0.537. The van der Waals surface area contributed by atoms with Crippen molar-refractivity contribution in [3.8, 4) is 17.1 Å². The number of fused-ring (bicyclic) bond motifs is 1. The van der Waals surface area contributed by atoms with Gasteiger partial charge in [-0.2, -0.15) is 4.98 Å². The zero-order valence-corrected chi connectivity index (χ0v) is 18.3. The van der Waals surface area contributed by atoms with E-state index in [0.717, 1.165) is 10.9 Å². The molecule has 33 heavy (non-hydrogen) atoms. The number of hydrogen-bond acceptors (Lipinski definition) is 8. The van der Waals surface area contributed by atoms with Crippen LogP contribution in [0.3, 0.4) is 0 Å². The number of nitrogens with zero attached hydrogens (tertiary/aromatic N) is 2. The molecular weight excluding hydrogens is 431 g/mol. The van der Waals surface area contributed by atoms with Gasteiger partial charge < -0.3 is 18.4 Å². The Hall–Kier alpha value is -4.01. The van der Waals surface area contributed by atoms with Crippen molar-refractivity contribution in [3.63, 3.8) is 0 Å². The highest BCUT2D eigenvalue weighted by Crippen LogP contribution is 2.24. The minimum absolute atomic E-state index is 0.0303. The van der Waals surface area contributed by atoms with E-state index in [1.807, 2.05) is 0 Å². The van der Waals surface area contributed by atoms with Crippen molar-refractivity contribution in [3.05, 3.63) is 75.2 Å². The van der Waals surface area contributed by atoms with Crippen molar-refractivity contribution >= 4 is 16.9 Å². The second-order valence-corrected chi connectivity index (χ2v) is 7.49. The second kappa shape index (κ2) is 9.23. The summed E-state index contributed by atoms with van der Waals surface area (Å²) in [6.45, 7) is 3.23. The van der Waals surface area contributed by atoms with E-state index in [1.54, 1.807) is 44.2 Å². The number of halogens is 1. The standard InChI is InChI=1S/C24H21FN2O6/c1-13-4-5-15(10-19(13)25)23-26-21(33-27-23)12-31-22(28)9-8-18-14(2)17-7-6-16(30-3)11-20(17)32-24(18)29/h4-7,10-11H,8-9,12H2,1-3H3. The summed E-state index contributed by atoms with van der Waals surface area (Å²) in [5.74, 6) is -0.0589. The molecule has 9 heteroatoms. The molecule has 0 aliphatic rings. The predicted molar refractivity (Wildman–Crippen MR) is 116 cm³/mol. The van der Waals surface area contributed by atoms with Crippen LogP contribution in [0.15, 0.2) is 50.1 Å². The molecule has 2 aromatic heterocycles. The Morgan fingerprint density at radius 2 is 1.97 bits per heavy atom. The molecule has 0 spiro atoms. The Balaban J connectivity index is 1.38. The van der Waals surface area contributed by atoms with E-state index in [1.165, 1.54) is 13.2 Å². The van der Waals surface area contributed by atoms with Crippen LogP contribution >= 0.6 is 0 Å². The summed E-state index contributed by atoms with van der Waals surface area (Å²) in [7, 11) is 1.53. The molecule has 170 valence electrons. The Bertz CT molecular complexity index is 1390. The average molecular weight is 452 g/mol. The van der Waals surface area contributed by atoms with Gasteiger partial charge in [-0.05, 0) is 49.6 Å². The third-order valence-electron chi connectivity index (χ3n) is 5.33. The monoisotopic (exact) mass is 452 g/mol.